The topological polar surface area (TPSA) is 65.2 Å². The van der Waals surface area contributed by atoms with Crippen LogP contribution < -0.4 is 0 Å². The van der Waals surface area contributed by atoms with Crippen molar-refractivity contribution in [1.82, 2.24) is 10.1 Å². The van der Waals surface area contributed by atoms with Crippen molar-refractivity contribution >= 4 is 17.7 Å². The number of aromatic nitrogens is 2. The molecule has 0 amide bonds. The Morgan fingerprint density at radius 3 is 2.68 bits per heavy atom. The minimum Gasteiger partial charge on any atom is -0.453 e. The average molecular weight is 404 g/mol. The molecule has 0 aliphatic rings. The number of benzene rings is 2. The van der Waals surface area contributed by atoms with Gasteiger partial charge in [0.05, 0.1) is 6.42 Å². The van der Waals surface area contributed by atoms with E-state index in [0.29, 0.717) is 16.9 Å². The highest BCUT2D eigenvalue weighted by atomic mass is 32.2. The minimum absolute atomic E-state index is 0.135. The zero-order valence-electron chi connectivity index (χ0n) is 15.3. The Bertz CT molecular complexity index is 960. The summed E-state index contributed by atoms with van der Waals surface area (Å²) in [5.41, 5.74) is 1.00. The van der Waals surface area contributed by atoms with E-state index in [2.05, 4.69) is 10.1 Å². The van der Waals surface area contributed by atoms with E-state index in [1.54, 1.807) is 38.1 Å². The molecule has 3 rings (SSSR count). The van der Waals surface area contributed by atoms with E-state index < -0.39 is 12.1 Å². The summed E-state index contributed by atoms with van der Waals surface area (Å²) in [4.78, 5) is 17.0. The number of rotatable bonds is 7. The van der Waals surface area contributed by atoms with Crippen LogP contribution in [0, 0.1) is 18.6 Å². The first kappa shape index (κ1) is 20.0. The van der Waals surface area contributed by atoms with Crippen LogP contribution in [0.4, 0.5) is 8.78 Å². The average Bonchev–Trinajstić information content (AvgIpc) is 3.16. The molecule has 28 heavy (non-hydrogen) atoms. The second kappa shape index (κ2) is 8.97. The van der Waals surface area contributed by atoms with Gasteiger partial charge in [-0.05, 0) is 49.7 Å². The maximum atomic E-state index is 13.7. The van der Waals surface area contributed by atoms with Crippen molar-refractivity contribution in [3.8, 4) is 11.4 Å². The number of hydrogen-bond acceptors (Lipinski definition) is 6. The molecule has 0 fully saturated rings. The summed E-state index contributed by atoms with van der Waals surface area (Å²) in [6, 6.07) is 10.7. The van der Waals surface area contributed by atoms with Gasteiger partial charge in [-0.1, -0.05) is 17.3 Å². The van der Waals surface area contributed by atoms with Crippen LogP contribution in [-0.2, 0) is 9.53 Å². The number of hydrogen-bond donors (Lipinski definition) is 0. The normalized spacial score (nSPS) is 12.0. The van der Waals surface area contributed by atoms with E-state index in [1.807, 2.05) is 0 Å². The van der Waals surface area contributed by atoms with Crippen molar-refractivity contribution in [1.29, 1.82) is 0 Å². The smallest absolute Gasteiger partial charge is 0.307 e. The molecule has 3 aromatic rings. The fourth-order valence-electron chi connectivity index (χ4n) is 2.34. The van der Waals surface area contributed by atoms with Crippen LogP contribution in [0.2, 0.25) is 0 Å². The maximum absolute atomic E-state index is 13.7. The summed E-state index contributed by atoms with van der Waals surface area (Å²) in [6.45, 7) is 3.29. The molecule has 1 atom stereocenters. The fourth-order valence-corrected chi connectivity index (χ4v) is 3.17. The third-order valence-electron chi connectivity index (χ3n) is 3.92. The van der Waals surface area contributed by atoms with E-state index in [4.69, 9.17) is 9.26 Å². The van der Waals surface area contributed by atoms with Gasteiger partial charge in [-0.15, -0.1) is 11.8 Å². The van der Waals surface area contributed by atoms with Gasteiger partial charge in [-0.3, -0.25) is 4.79 Å². The molecule has 0 saturated carbocycles. The molecule has 0 radical (unpaired) electrons. The predicted molar refractivity (Wildman–Crippen MR) is 101 cm³/mol. The van der Waals surface area contributed by atoms with Crippen LogP contribution in [0.15, 0.2) is 51.9 Å². The Labute approximate surface area is 165 Å². The zero-order valence-corrected chi connectivity index (χ0v) is 16.1. The number of carbonyl (C=O) groups is 1. The summed E-state index contributed by atoms with van der Waals surface area (Å²) in [7, 11) is 0. The van der Waals surface area contributed by atoms with Crippen molar-refractivity contribution in [3.63, 3.8) is 0 Å². The van der Waals surface area contributed by atoms with Crippen molar-refractivity contribution < 1.29 is 22.8 Å². The Hall–Kier alpha value is -2.74. The molecular formula is C20H18F2N2O3S. The van der Waals surface area contributed by atoms with Crippen molar-refractivity contribution in [2.75, 3.05) is 5.75 Å². The first-order valence-electron chi connectivity index (χ1n) is 8.60. The summed E-state index contributed by atoms with van der Waals surface area (Å²) in [6.07, 6.45) is -0.545. The number of esters is 1. The molecule has 1 unspecified atom stereocenters. The lowest BCUT2D eigenvalue weighted by atomic mass is 10.1. The lowest BCUT2D eigenvalue weighted by Crippen LogP contribution is -2.09. The fraction of sp³-hybridized carbons (Fsp3) is 0.250. The first-order valence-corrected chi connectivity index (χ1v) is 9.59. The molecule has 2 aromatic carbocycles. The van der Waals surface area contributed by atoms with Crippen LogP contribution >= 0.6 is 11.8 Å². The van der Waals surface area contributed by atoms with Gasteiger partial charge in [-0.2, -0.15) is 4.98 Å². The molecule has 146 valence electrons. The van der Waals surface area contributed by atoms with Crippen molar-refractivity contribution in [3.05, 3.63) is 65.6 Å². The number of ether oxygens (including phenoxy) is 1. The predicted octanol–water partition coefficient (Wildman–Crippen LogP) is 5.11. The molecule has 0 saturated heterocycles. The molecule has 0 aliphatic carbocycles. The molecule has 8 heteroatoms. The van der Waals surface area contributed by atoms with Crippen molar-refractivity contribution in [2.24, 2.45) is 0 Å². The monoisotopic (exact) mass is 404 g/mol. The molecule has 5 nitrogen and oxygen atoms in total. The van der Waals surface area contributed by atoms with Gasteiger partial charge >= 0.3 is 5.97 Å². The third kappa shape index (κ3) is 5.16. The van der Waals surface area contributed by atoms with E-state index in [-0.39, 0.29) is 29.8 Å². The third-order valence-corrected chi connectivity index (χ3v) is 4.93. The molecule has 0 bridgehead atoms. The second-order valence-electron chi connectivity index (χ2n) is 6.10. The lowest BCUT2D eigenvalue weighted by molar-refractivity contribution is -0.149. The molecule has 0 N–H and O–H groups in total. The van der Waals surface area contributed by atoms with Crippen LogP contribution in [-0.4, -0.2) is 21.9 Å². The summed E-state index contributed by atoms with van der Waals surface area (Å²) in [5.74, 6) is -0.219. The highest BCUT2D eigenvalue weighted by molar-refractivity contribution is 7.99. The van der Waals surface area contributed by atoms with Gasteiger partial charge in [-0.25, -0.2) is 8.78 Å². The molecular weight excluding hydrogens is 386 g/mol. The SMILES string of the molecule is Cc1ccc(-c2noc(C(C)OC(=O)CCSc3ccc(F)cc3)n2)cc1F. The van der Waals surface area contributed by atoms with Crippen LogP contribution in [0.1, 0.15) is 30.9 Å². The molecule has 1 aromatic heterocycles. The largest absolute Gasteiger partial charge is 0.453 e. The molecule has 0 spiro atoms. The van der Waals surface area contributed by atoms with Crippen LogP contribution in [0.25, 0.3) is 11.4 Å². The van der Waals surface area contributed by atoms with Gasteiger partial charge in [0.25, 0.3) is 5.89 Å². The summed E-state index contributed by atoms with van der Waals surface area (Å²) >= 11 is 1.43. The van der Waals surface area contributed by atoms with Gasteiger partial charge in [0.1, 0.15) is 11.6 Å². The van der Waals surface area contributed by atoms with Gasteiger partial charge in [0.15, 0.2) is 6.10 Å². The van der Waals surface area contributed by atoms with Crippen molar-refractivity contribution in [2.45, 2.75) is 31.3 Å². The van der Waals surface area contributed by atoms with Gasteiger partial charge < -0.3 is 9.26 Å². The van der Waals surface area contributed by atoms with Crippen LogP contribution in [0.5, 0.6) is 0 Å². The number of thioether (sulfide) groups is 1. The Kier molecular flexibility index (Phi) is 6.41. The summed E-state index contributed by atoms with van der Waals surface area (Å²) < 4.78 is 37.0. The van der Waals surface area contributed by atoms with Gasteiger partial charge in [0.2, 0.25) is 5.82 Å². The number of carbonyl (C=O) groups excluding carboxylic acids is 1. The minimum atomic E-state index is -0.722. The van der Waals surface area contributed by atoms with E-state index in [1.165, 1.54) is 30.0 Å². The first-order chi connectivity index (χ1) is 13.4. The standard InChI is InChI=1S/C20H18F2N2O3S/c1-12-3-4-14(11-17(12)22)19-23-20(27-24-19)13(2)26-18(25)9-10-28-16-7-5-15(21)6-8-16/h3-8,11,13H,9-10H2,1-2H3. The molecule has 1 heterocycles. The van der Waals surface area contributed by atoms with Gasteiger partial charge in [0, 0.05) is 16.2 Å². The van der Waals surface area contributed by atoms with Crippen LogP contribution in [0.3, 0.4) is 0 Å². The number of nitrogens with zero attached hydrogens (tertiary/aromatic N) is 2. The lowest BCUT2D eigenvalue weighted by Gasteiger charge is -2.09. The molecule has 0 aliphatic heterocycles. The van der Waals surface area contributed by atoms with E-state index in [0.717, 1.165) is 4.90 Å². The maximum Gasteiger partial charge on any atom is 0.307 e. The Morgan fingerprint density at radius 2 is 1.96 bits per heavy atom. The Morgan fingerprint density at radius 1 is 1.21 bits per heavy atom. The number of aryl methyl sites for hydroxylation is 1. The quantitative estimate of drug-likeness (QED) is 0.403. The second-order valence-corrected chi connectivity index (χ2v) is 7.27. The highest BCUT2D eigenvalue weighted by Crippen LogP contribution is 2.23. The zero-order chi connectivity index (χ0) is 20.1. The summed E-state index contributed by atoms with van der Waals surface area (Å²) in [5, 5.41) is 3.82. The highest BCUT2D eigenvalue weighted by Gasteiger charge is 2.19. The number of halogens is 2. The Balaban J connectivity index is 1.52. The van der Waals surface area contributed by atoms with E-state index in [9.17, 15) is 13.6 Å². The van der Waals surface area contributed by atoms with E-state index >= 15 is 0 Å².